The largest absolute Gasteiger partial charge is 0.353 e. The number of benzene rings is 1. The van der Waals surface area contributed by atoms with Gasteiger partial charge in [-0.25, -0.2) is 9.97 Å². The Bertz CT molecular complexity index is 737. The molecule has 2 heterocycles. The van der Waals surface area contributed by atoms with Crippen molar-refractivity contribution in [1.82, 2.24) is 14.9 Å². The molecular weight excluding hydrogens is 324 g/mol. The van der Waals surface area contributed by atoms with Crippen LogP contribution in [0.4, 0.5) is 5.82 Å². The van der Waals surface area contributed by atoms with E-state index in [-0.39, 0.29) is 5.91 Å². The highest BCUT2D eigenvalue weighted by atomic mass is 16.2. The number of carbonyl (C=O) groups excluding carboxylic acids is 1. The molecule has 3 rings (SSSR count). The predicted octanol–water partition coefficient (Wildman–Crippen LogP) is 3.19. The highest BCUT2D eigenvalue weighted by Crippen LogP contribution is 2.19. The number of hydrogen-bond acceptors (Lipinski definition) is 4. The molecule has 1 aliphatic heterocycles. The molecular formula is C21H28N4O. The maximum Gasteiger partial charge on any atom is 0.223 e. The average Bonchev–Trinajstić information content (AvgIpc) is 2.66. The number of hydrogen-bond donors (Lipinski definition) is 0. The summed E-state index contributed by atoms with van der Waals surface area (Å²) >= 11 is 0. The van der Waals surface area contributed by atoms with E-state index in [1.54, 1.807) is 0 Å². The van der Waals surface area contributed by atoms with Crippen LogP contribution in [0.3, 0.4) is 0 Å². The SMILES string of the molecule is Cc1cc(N2CCN(C(=O)CCc3ccccc3)CC2)nc(C(C)C)n1. The van der Waals surface area contributed by atoms with Crippen LogP contribution < -0.4 is 4.90 Å². The van der Waals surface area contributed by atoms with Gasteiger partial charge in [-0.15, -0.1) is 0 Å². The zero-order chi connectivity index (χ0) is 18.5. The van der Waals surface area contributed by atoms with Crippen LogP contribution >= 0.6 is 0 Å². The molecule has 0 bridgehead atoms. The van der Waals surface area contributed by atoms with Crippen molar-refractivity contribution in [2.24, 2.45) is 0 Å². The Labute approximate surface area is 156 Å². The van der Waals surface area contributed by atoms with E-state index in [0.717, 1.165) is 49.9 Å². The van der Waals surface area contributed by atoms with Crippen molar-refractivity contribution < 1.29 is 4.79 Å². The number of anilines is 1. The fourth-order valence-corrected chi connectivity index (χ4v) is 3.23. The Balaban J connectivity index is 1.55. The van der Waals surface area contributed by atoms with Gasteiger partial charge in [-0.3, -0.25) is 4.79 Å². The lowest BCUT2D eigenvalue weighted by atomic mass is 10.1. The highest BCUT2D eigenvalue weighted by molar-refractivity contribution is 5.76. The molecule has 1 fully saturated rings. The fourth-order valence-electron chi connectivity index (χ4n) is 3.23. The molecule has 0 saturated carbocycles. The zero-order valence-electron chi connectivity index (χ0n) is 16.0. The van der Waals surface area contributed by atoms with Crippen molar-refractivity contribution in [3.05, 3.63) is 53.5 Å². The molecule has 0 spiro atoms. The minimum atomic E-state index is 0.246. The van der Waals surface area contributed by atoms with Crippen molar-refractivity contribution in [2.75, 3.05) is 31.1 Å². The van der Waals surface area contributed by atoms with Gasteiger partial charge in [0.2, 0.25) is 5.91 Å². The first kappa shape index (κ1) is 18.4. The number of aryl methyl sites for hydroxylation is 2. The summed E-state index contributed by atoms with van der Waals surface area (Å²) in [7, 11) is 0. The van der Waals surface area contributed by atoms with Crippen LogP contribution in [0.2, 0.25) is 0 Å². The van der Waals surface area contributed by atoms with Crippen LogP contribution in [-0.2, 0) is 11.2 Å². The molecule has 5 nitrogen and oxygen atoms in total. The number of piperazine rings is 1. The Morgan fingerprint density at radius 3 is 2.42 bits per heavy atom. The molecule has 0 aliphatic carbocycles. The summed E-state index contributed by atoms with van der Waals surface area (Å²) in [5.74, 6) is 2.43. The summed E-state index contributed by atoms with van der Waals surface area (Å²) in [4.78, 5) is 26.0. The van der Waals surface area contributed by atoms with Gasteiger partial charge in [0, 0.05) is 50.3 Å². The summed E-state index contributed by atoms with van der Waals surface area (Å²) < 4.78 is 0. The van der Waals surface area contributed by atoms with Gasteiger partial charge in [-0.2, -0.15) is 0 Å². The van der Waals surface area contributed by atoms with Crippen LogP contribution in [0, 0.1) is 6.92 Å². The number of carbonyl (C=O) groups is 1. The first-order chi connectivity index (χ1) is 12.5. The number of rotatable bonds is 5. The molecule has 0 unspecified atom stereocenters. The van der Waals surface area contributed by atoms with Crippen LogP contribution in [0.25, 0.3) is 0 Å². The molecule has 0 N–H and O–H groups in total. The van der Waals surface area contributed by atoms with Gasteiger partial charge < -0.3 is 9.80 Å². The topological polar surface area (TPSA) is 49.3 Å². The van der Waals surface area contributed by atoms with Gasteiger partial charge in [0.25, 0.3) is 0 Å². The van der Waals surface area contributed by atoms with E-state index < -0.39 is 0 Å². The van der Waals surface area contributed by atoms with Gasteiger partial charge in [-0.1, -0.05) is 44.2 Å². The van der Waals surface area contributed by atoms with E-state index in [4.69, 9.17) is 4.98 Å². The highest BCUT2D eigenvalue weighted by Gasteiger charge is 2.22. The van der Waals surface area contributed by atoms with E-state index >= 15 is 0 Å². The molecule has 0 radical (unpaired) electrons. The fraction of sp³-hybridized carbons (Fsp3) is 0.476. The van der Waals surface area contributed by atoms with Crippen molar-refractivity contribution in [3.8, 4) is 0 Å². The molecule has 1 aliphatic rings. The van der Waals surface area contributed by atoms with Gasteiger partial charge in [0.1, 0.15) is 11.6 Å². The maximum atomic E-state index is 12.5. The van der Waals surface area contributed by atoms with Crippen LogP contribution in [0.5, 0.6) is 0 Å². The Morgan fingerprint density at radius 2 is 1.77 bits per heavy atom. The zero-order valence-corrected chi connectivity index (χ0v) is 16.0. The molecule has 2 aromatic rings. The first-order valence-electron chi connectivity index (χ1n) is 9.45. The van der Waals surface area contributed by atoms with Crippen LogP contribution in [0.15, 0.2) is 36.4 Å². The monoisotopic (exact) mass is 352 g/mol. The summed E-state index contributed by atoms with van der Waals surface area (Å²) in [6.45, 7) is 9.40. The minimum absolute atomic E-state index is 0.246. The van der Waals surface area contributed by atoms with Gasteiger partial charge in [0.05, 0.1) is 0 Å². The van der Waals surface area contributed by atoms with E-state index in [9.17, 15) is 4.79 Å². The van der Waals surface area contributed by atoms with Crippen molar-refractivity contribution >= 4 is 11.7 Å². The third kappa shape index (κ3) is 4.59. The van der Waals surface area contributed by atoms with Gasteiger partial charge in [-0.05, 0) is 18.9 Å². The molecule has 1 aromatic carbocycles. The molecule has 0 atom stereocenters. The average molecular weight is 352 g/mol. The first-order valence-corrected chi connectivity index (χ1v) is 9.45. The minimum Gasteiger partial charge on any atom is -0.353 e. The predicted molar refractivity (Wildman–Crippen MR) is 104 cm³/mol. The second kappa shape index (κ2) is 8.30. The Morgan fingerprint density at radius 1 is 1.08 bits per heavy atom. The quantitative estimate of drug-likeness (QED) is 0.829. The second-order valence-electron chi connectivity index (χ2n) is 7.23. The molecule has 1 amide bonds. The summed E-state index contributed by atoms with van der Waals surface area (Å²) in [6.07, 6.45) is 1.39. The van der Waals surface area contributed by atoms with Crippen molar-refractivity contribution in [2.45, 2.75) is 39.5 Å². The third-order valence-corrected chi connectivity index (χ3v) is 4.80. The van der Waals surface area contributed by atoms with Gasteiger partial charge >= 0.3 is 0 Å². The summed E-state index contributed by atoms with van der Waals surface area (Å²) in [6, 6.07) is 12.2. The van der Waals surface area contributed by atoms with E-state index in [1.165, 1.54) is 5.56 Å². The summed E-state index contributed by atoms with van der Waals surface area (Å²) in [5, 5.41) is 0. The molecule has 1 saturated heterocycles. The van der Waals surface area contributed by atoms with E-state index in [0.29, 0.717) is 12.3 Å². The Kier molecular flexibility index (Phi) is 5.86. The molecule has 26 heavy (non-hydrogen) atoms. The van der Waals surface area contributed by atoms with Crippen molar-refractivity contribution in [3.63, 3.8) is 0 Å². The van der Waals surface area contributed by atoms with Gasteiger partial charge in [0.15, 0.2) is 0 Å². The Hall–Kier alpha value is -2.43. The van der Waals surface area contributed by atoms with Crippen molar-refractivity contribution in [1.29, 1.82) is 0 Å². The lowest BCUT2D eigenvalue weighted by molar-refractivity contribution is -0.131. The smallest absolute Gasteiger partial charge is 0.223 e. The third-order valence-electron chi connectivity index (χ3n) is 4.80. The molecule has 138 valence electrons. The number of aromatic nitrogens is 2. The van der Waals surface area contributed by atoms with E-state index in [2.05, 4.69) is 35.9 Å². The van der Waals surface area contributed by atoms with Crippen LogP contribution in [-0.4, -0.2) is 47.0 Å². The maximum absolute atomic E-state index is 12.5. The standard InChI is InChI=1S/C21H28N4O/c1-16(2)21-22-17(3)15-19(23-21)24-11-13-25(14-12-24)20(26)10-9-18-7-5-4-6-8-18/h4-8,15-16H,9-14H2,1-3H3. The molecule has 5 heteroatoms. The summed E-state index contributed by atoms with van der Waals surface area (Å²) in [5.41, 5.74) is 2.22. The number of nitrogens with zero attached hydrogens (tertiary/aromatic N) is 4. The lowest BCUT2D eigenvalue weighted by Gasteiger charge is -2.35. The normalized spacial score (nSPS) is 14.8. The molecule has 1 aromatic heterocycles. The van der Waals surface area contributed by atoms with Crippen LogP contribution in [0.1, 0.15) is 43.3 Å². The number of amides is 1. The van der Waals surface area contributed by atoms with E-state index in [1.807, 2.05) is 36.1 Å². The lowest BCUT2D eigenvalue weighted by Crippen LogP contribution is -2.49. The second-order valence-corrected chi connectivity index (χ2v) is 7.23.